The molecular weight excluding hydrogens is 278 g/mol. The van der Waals surface area contributed by atoms with Crippen LogP contribution in [0.1, 0.15) is 16.1 Å². The molecule has 21 heavy (non-hydrogen) atoms. The largest absolute Gasteiger partial charge is 0.384 e. The summed E-state index contributed by atoms with van der Waals surface area (Å²) >= 11 is 0. The molecule has 0 atom stereocenters. The van der Waals surface area contributed by atoms with E-state index in [-0.39, 0.29) is 12.4 Å². The third-order valence-corrected chi connectivity index (χ3v) is 2.46. The van der Waals surface area contributed by atoms with Crippen molar-refractivity contribution in [2.45, 2.75) is 0 Å². The topological polar surface area (TPSA) is 62.2 Å². The molecule has 2 N–H and O–H groups in total. The summed E-state index contributed by atoms with van der Waals surface area (Å²) in [5.74, 6) is 2.78. The molecule has 0 unspecified atom stereocenters. The number of aliphatic hydroxyl groups excluding tert-OH is 1. The number of nitrogens with one attached hydrogen (secondary N) is 1. The van der Waals surface area contributed by atoms with Crippen LogP contribution in [0, 0.1) is 23.5 Å². The highest BCUT2D eigenvalue weighted by molar-refractivity contribution is 6.03. The number of anilines is 1. The van der Waals surface area contributed by atoms with Gasteiger partial charge in [-0.3, -0.25) is 4.79 Å². The van der Waals surface area contributed by atoms with Gasteiger partial charge in [0.05, 0.1) is 5.56 Å². The predicted molar refractivity (Wildman–Crippen MR) is 72.5 cm³/mol. The number of rotatable bonds is 2. The zero-order chi connectivity index (χ0) is 15.2. The summed E-state index contributed by atoms with van der Waals surface area (Å²) in [4.78, 5) is 15.9. The van der Waals surface area contributed by atoms with Gasteiger partial charge in [-0.25, -0.2) is 13.8 Å². The number of hydrogen-bond donors (Lipinski definition) is 2. The van der Waals surface area contributed by atoms with E-state index >= 15 is 0 Å². The SMILES string of the molecule is O=C(Nc1cccc(C#CCO)n1)c1cc(F)ccc1F. The predicted octanol–water partition coefficient (Wildman–Crippen LogP) is 1.96. The second-order valence-corrected chi connectivity index (χ2v) is 3.95. The summed E-state index contributed by atoms with van der Waals surface area (Å²) in [5.41, 5.74) is -0.0785. The molecule has 2 rings (SSSR count). The fourth-order valence-corrected chi connectivity index (χ4v) is 1.56. The van der Waals surface area contributed by atoms with Gasteiger partial charge in [0.15, 0.2) is 0 Å². The second-order valence-electron chi connectivity index (χ2n) is 3.95. The van der Waals surface area contributed by atoms with Crippen LogP contribution in [0.25, 0.3) is 0 Å². The van der Waals surface area contributed by atoms with Crippen molar-refractivity contribution >= 4 is 11.7 Å². The summed E-state index contributed by atoms with van der Waals surface area (Å²) in [7, 11) is 0. The molecule has 2 aromatic rings. The van der Waals surface area contributed by atoms with Gasteiger partial charge in [-0.1, -0.05) is 12.0 Å². The number of aliphatic hydroxyl groups is 1. The molecule has 0 aliphatic heterocycles. The van der Waals surface area contributed by atoms with Crippen LogP contribution in [0.3, 0.4) is 0 Å². The number of amides is 1. The Labute approximate surface area is 119 Å². The number of halogens is 2. The summed E-state index contributed by atoms with van der Waals surface area (Å²) < 4.78 is 26.5. The minimum Gasteiger partial charge on any atom is -0.384 e. The standard InChI is InChI=1S/C15H10F2N2O2/c16-10-6-7-13(17)12(9-10)15(21)19-14-5-1-3-11(18-14)4-2-8-20/h1,3,5-7,9,20H,8H2,(H,18,19,21). The molecule has 1 aromatic heterocycles. The van der Waals surface area contributed by atoms with E-state index in [1.54, 1.807) is 12.1 Å². The number of nitrogens with zero attached hydrogens (tertiary/aromatic N) is 1. The Morgan fingerprint density at radius 1 is 1.29 bits per heavy atom. The fraction of sp³-hybridized carbons (Fsp3) is 0.0667. The molecule has 4 nitrogen and oxygen atoms in total. The van der Waals surface area contributed by atoms with Gasteiger partial charge in [-0.2, -0.15) is 0 Å². The molecule has 0 saturated carbocycles. The zero-order valence-electron chi connectivity index (χ0n) is 10.7. The van der Waals surface area contributed by atoms with Crippen LogP contribution in [0.15, 0.2) is 36.4 Å². The first-order valence-corrected chi connectivity index (χ1v) is 5.93. The van der Waals surface area contributed by atoms with E-state index in [2.05, 4.69) is 22.1 Å². The fourth-order valence-electron chi connectivity index (χ4n) is 1.56. The van der Waals surface area contributed by atoms with Gasteiger partial charge >= 0.3 is 0 Å². The Bertz CT molecular complexity index is 736. The molecule has 1 amide bonds. The maximum atomic E-state index is 13.5. The number of aromatic nitrogens is 1. The van der Waals surface area contributed by atoms with E-state index in [4.69, 9.17) is 5.11 Å². The van der Waals surface area contributed by atoms with Crippen LogP contribution < -0.4 is 5.32 Å². The molecule has 1 heterocycles. The Kier molecular flexibility index (Phi) is 4.59. The molecule has 0 spiro atoms. The molecular formula is C15H10F2N2O2. The number of benzene rings is 1. The van der Waals surface area contributed by atoms with Crippen LogP contribution in [-0.4, -0.2) is 22.6 Å². The molecule has 106 valence electrons. The Morgan fingerprint density at radius 3 is 2.86 bits per heavy atom. The number of hydrogen-bond acceptors (Lipinski definition) is 3. The quantitative estimate of drug-likeness (QED) is 0.830. The van der Waals surface area contributed by atoms with Crippen molar-refractivity contribution in [3.63, 3.8) is 0 Å². The monoisotopic (exact) mass is 288 g/mol. The van der Waals surface area contributed by atoms with E-state index in [9.17, 15) is 13.6 Å². The van der Waals surface area contributed by atoms with Crippen molar-refractivity contribution in [2.24, 2.45) is 0 Å². The molecule has 0 bridgehead atoms. The highest BCUT2D eigenvalue weighted by Gasteiger charge is 2.13. The third kappa shape index (κ3) is 3.84. The number of carbonyl (C=O) groups excluding carboxylic acids is 1. The minimum atomic E-state index is -0.829. The lowest BCUT2D eigenvalue weighted by Gasteiger charge is -2.05. The van der Waals surface area contributed by atoms with Gasteiger partial charge in [0.2, 0.25) is 0 Å². The molecule has 1 aromatic carbocycles. The third-order valence-electron chi connectivity index (χ3n) is 2.46. The van der Waals surface area contributed by atoms with Gasteiger partial charge < -0.3 is 10.4 Å². The van der Waals surface area contributed by atoms with E-state index in [0.717, 1.165) is 18.2 Å². The first-order chi connectivity index (χ1) is 10.1. The molecule has 0 aliphatic carbocycles. The average Bonchev–Trinajstić information content (AvgIpc) is 2.48. The number of pyridine rings is 1. The van der Waals surface area contributed by atoms with Gasteiger partial charge in [0.25, 0.3) is 5.91 Å². The lowest BCUT2D eigenvalue weighted by atomic mass is 10.2. The van der Waals surface area contributed by atoms with Crippen molar-refractivity contribution in [3.05, 3.63) is 59.3 Å². The maximum Gasteiger partial charge on any atom is 0.259 e. The first-order valence-electron chi connectivity index (χ1n) is 5.93. The Balaban J connectivity index is 2.21. The van der Waals surface area contributed by atoms with Crippen LogP contribution in [-0.2, 0) is 0 Å². The zero-order valence-corrected chi connectivity index (χ0v) is 10.7. The minimum absolute atomic E-state index is 0.147. The average molecular weight is 288 g/mol. The van der Waals surface area contributed by atoms with E-state index in [1.807, 2.05) is 0 Å². The summed E-state index contributed by atoms with van der Waals surface area (Å²) in [6.07, 6.45) is 0. The van der Waals surface area contributed by atoms with Crippen LogP contribution >= 0.6 is 0 Å². The van der Waals surface area contributed by atoms with Crippen molar-refractivity contribution in [2.75, 3.05) is 11.9 Å². The molecule has 0 aliphatic rings. The lowest BCUT2D eigenvalue weighted by Crippen LogP contribution is -2.15. The van der Waals surface area contributed by atoms with Crippen molar-refractivity contribution in [1.29, 1.82) is 0 Å². The van der Waals surface area contributed by atoms with Crippen molar-refractivity contribution in [3.8, 4) is 11.8 Å². The molecule has 6 heteroatoms. The normalized spacial score (nSPS) is 9.67. The summed E-state index contributed by atoms with van der Waals surface area (Å²) in [6, 6.07) is 7.27. The van der Waals surface area contributed by atoms with Gasteiger partial charge in [0.1, 0.15) is 29.8 Å². The molecule has 0 fully saturated rings. The van der Waals surface area contributed by atoms with Crippen LogP contribution in [0.2, 0.25) is 0 Å². The van der Waals surface area contributed by atoms with E-state index in [1.165, 1.54) is 6.07 Å². The summed E-state index contributed by atoms with van der Waals surface area (Å²) in [5, 5.41) is 11.0. The summed E-state index contributed by atoms with van der Waals surface area (Å²) in [6.45, 7) is -0.313. The highest BCUT2D eigenvalue weighted by Crippen LogP contribution is 2.12. The van der Waals surface area contributed by atoms with Crippen molar-refractivity contribution in [1.82, 2.24) is 4.98 Å². The number of carbonyl (C=O) groups is 1. The maximum absolute atomic E-state index is 13.5. The lowest BCUT2D eigenvalue weighted by molar-refractivity contribution is 0.102. The van der Waals surface area contributed by atoms with Gasteiger partial charge in [-0.15, -0.1) is 0 Å². The van der Waals surface area contributed by atoms with Crippen molar-refractivity contribution < 1.29 is 18.7 Å². The van der Waals surface area contributed by atoms with Crippen LogP contribution in [0.5, 0.6) is 0 Å². The Morgan fingerprint density at radius 2 is 2.10 bits per heavy atom. The van der Waals surface area contributed by atoms with Crippen LogP contribution in [0.4, 0.5) is 14.6 Å². The van der Waals surface area contributed by atoms with E-state index < -0.39 is 23.1 Å². The second kappa shape index (κ2) is 6.59. The smallest absolute Gasteiger partial charge is 0.259 e. The van der Waals surface area contributed by atoms with Gasteiger partial charge in [0, 0.05) is 0 Å². The first kappa shape index (κ1) is 14.6. The highest BCUT2D eigenvalue weighted by atomic mass is 19.1. The molecule has 0 radical (unpaired) electrons. The Hall–Kier alpha value is -2.78. The molecule has 0 saturated heterocycles. The van der Waals surface area contributed by atoms with Gasteiger partial charge in [-0.05, 0) is 36.3 Å². The van der Waals surface area contributed by atoms with E-state index in [0.29, 0.717) is 5.69 Å².